The van der Waals surface area contributed by atoms with Crippen LogP contribution in [0.2, 0.25) is 5.02 Å². The highest BCUT2D eigenvalue weighted by Crippen LogP contribution is 2.32. The molecular formula is C18H15ClN4O2S2. The Hall–Kier alpha value is -2.42. The standard InChI is InChI=1S/C18H15ClN4O2S2/c1-2-23-11-15(10-20-23)27(24,25)22-14-6-3-12(4-7-14)18-21-16-8-5-13(19)9-17(16)26-18/h3-11,22H,2H2,1H3. The molecule has 2 aromatic carbocycles. The van der Waals surface area contributed by atoms with E-state index in [1.54, 1.807) is 28.2 Å². The maximum absolute atomic E-state index is 12.4. The smallest absolute Gasteiger partial charge is 0.265 e. The van der Waals surface area contributed by atoms with Gasteiger partial charge in [0, 0.05) is 29.0 Å². The number of thiazole rings is 1. The number of anilines is 1. The summed E-state index contributed by atoms with van der Waals surface area (Å²) < 4.78 is 30.0. The Kier molecular flexibility index (Phi) is 4.63. The van der Waals surface area contributed by atoms with Crippen LogP contribution in [0.15, 0.2) is 59.8 Å². The lowest BCUT2D eigenvalue weighted by molar-refractivity contribution is 0.600. The highest BCUT2D eigenvalue weighted by Gasteiger charge is 2.16. The first kappa shape index (κ1) is 18.0. The molecule has 2 aromatic heterocycles. The maximum atomic E-state index is 12.4. The second-order valence-electron chi connectivity index (χ2n) is 5.85. The van der Waals surface area contributed by atoms with Gasteiger partial charge in [-0.3, -0.25) is 9.40 Å². The van der Waals surface area contributed by atoms with E-state index in [1.165, 1.54) is 12.4 Å². The number of nitrogens with one attached hydrogen (secondary N) is 1. The minimum absolute atomic E-state index is 0.136. The first-order chi connectivity index (χ1) is 12.9. The summed E-state index contributed by atoms with van der Waals surface area (Å²) in [7, 11) is -3.67. The molecule has 0 radical (unpaired) electrons. The molecule has 0 fully saturated rings. The first-order valence-electron chi connectivity index (χ1n) is 8.16. The van der Waals surface area contributed by atoms with Gasteiger partial charge in [0.25, 0.3) is 10.0 Å². The van der Waals surface area contributed by atoms with Crippen LogP contribution in [0.3, 0.4) is 0 Å². The molecule has 0 aliphatic heterocycles. The minimum atomic E-state index is -3.67. The quantitative estimate of drug-likeness (QED) is 0.512. The van der Waals surface area contributed by atoms with E-state index in [-0.39, 0.29) is 4.90 Å². The topological polar surface area (TPSA) is 76.9 Å². The third-order valence-corrected chi connectivity index (χ3v) is 6.62. The number of rotatable bonds is 5. The van der Waals surface area contributed by atoms with Crippen LogP contribution in [0.5, 0.6) is 0 Å². The van der Waals surface area contributed by atoms with Gasteiger partial charge in [0.15, 0.2) is 0 Å². The molecular weight excluding hydrogens is 404 g/mol. The molecule has 4 rings (SSSR count). The molecule has 1 N–H and O–H groups in total. The zero-order valence-corrected chi connectivity index (χ0v) is 16.6. The molecule has 0 amide bonds. The van der Waals surface area contributed by atoms with E-state index in [0.717, 1.165) is 20.8 Å². The van der Waals surface area contributed by atoms with Crippen LogP contribution >= 0.6 is 22.9 Å². The SMILES string of the molecule is CCn1cc(S(=O)(=O)Nc2ccc(-c3nc4ccc(Cl)cc4s3)cc2)cn1. The number of aryl methyl sites for hydroxylation is 1. The number of aromatic nitrogens is 3. The van der Waals surface area contributed by atoms with Crippen molar-refractivity contribution in [3.63, 3.8) is 0 Å². The average Bonchev–Trinajstić information content (AvgIpc) is 3.29. The fraction of sp³-hybridized carbons (Fsp3) is 0.111. The van der Waals surface area contributed by atoms with Gasteiger partial charge in [-0.05, 0) is 49.4 Å². The summed E-state index contributed by atoms with van der Waals surface area (Å²) in [5.41, 5.74) is 2.28. The van der Waals surface area contributed by atoms with Gasteiger partial charge >= 0.3 is 0 Å². The molecule has 2 heterocycles. The van der Waals surface area contributed by atoms with Crippen LogP contribution in [0.25, 0.3) is 20.8 Å². The molecule has 6 nitrogen and oxygen atoms in total. The fourth-order valence-electron chi connectivity index (χ4n) is 2.57. The van der Waals surface area contributed by atoms with Crippen molar-refractivity contribution in [1.82, 2.24) is 14.8 Å². The summed E-state index contributed by atoms with van der Waals surface area (Å²) in [5.74, 6) is 0. The molecule has 0 unspecified atom stereocenters. The van der Waals surface area contributed by atoms with Crippen molar-refractivity contribution >= 4 is 48.9 Å². The third kappa shape index (κ3) is 3.69. The Morgan fingerprint density at radius 2 is 1.96 bits per heavy atom. The zero-order chi connectivity index (χ0) is 19.0. The Morgan fingerprint density at radius 1 is 1.19 bits per heavy atom. The van der Waals surface area contributed by atoms with Crippen molar-refractivity contribution in [2.45, 2.75) is 18.4 Å². The van der Waals surface area contributed by atoms with Crippen molar-refractivity contribution < 1.29 is 8.42 Å². The monoisotopic (exact) mass is 418 g/mol. The van der Waals surface area contributed by atoms with Crippen molar-refractivity contribution in [2.24, 2.45) is 0 Å². The van der Waals surface area contributed by atoms with Crippen LogP contribution in [0, 0.1) is 0 Å². The van der Waals surface area contributed by atoms with Crippen LogP contribution in [0.4, 0.5) is 5.69 Å². The lowest BCUT2D eigenvalue weighted by Gasteiger charge is -2.06. The number of fused-ring (bicyclic) bond motifs is 1. The molecule has 27 heavy (non-hydrogen) atoms. The second kappa shape index (κ2) is 6.95. The number of hydrogen-bond donors (Lipinski definition) is 1. The highest BCUT2D eigenvalue weighted by atomic mass is 35.5. The Labute approximate surface area is 165 Å². The van der Waals surface area contributed by atoms with Crippen molar-refractivity contribution in [3.05, 3.63) is 59.9 Å². The molecule has 0 aliphatic carbocycles. The van der Waals surface area contributed by atoms with Gasteiger partial charge in [0.2, 0.25) is 0 Å². The Bertz CT molecular complexity index is 1210. The second-order valence-corrected chi connectivity index (χ2v) is 9.00. The summed E-state index contributed by atoms with van der Waals surface area (Å²) in [6.07, 6.45) is 2.84. The van der Waals surface area contributed by atoms with Gasteiger partial charge in [-0.1, -0.05) is 11.6 Å². The highest BCUT2D eigenvalue weighted by molar-refractivity contribution is 7.92. The van der Waals surface area contributed by atoms with E-state index in [1.807, 2.05) is 37.3 Å². The normalized spacial score (nSPS) is 11.8. The van der Waals surface area contributed by atoms with Gasteiger partial charge in [-0.25, -0.2) is 13.4 Å². The van der Waals surface area contributed by atoms with Gasteiger partial charge in [0.05, 0.1) is 16.4 Å². The van der Waals surface area contributed by atoms with Crippen molar-refractivity contribution in [2.75, 3.05) is 4.72 Å². The molecule has 4 aromatic rings. The maximum Gasteiger partial charge on any atom is 0.265 e. The third-order valence-electron chi connectivity index (χ3n) is 3.98. The summed E-state index contributed by atoms with van der Waals surface area (Å²) in [5, 5.41) is 5.53. The predicted octanol–water partition coefficient (Wildman–Crippen LogP) is 4.63. The van der Waals surface area contributed by atoms with Gasteiger partial charge in [0.1, 0.15) is 9.90 Å². The molecule has 0 saturated heterocycles. The minimum Gasteiger partial charge on any atom is -0.280 e. The van der Waals surface area contributed by atoms with Crippen LogP contribution in [-0.4, -0.2) is 23.2 Å². The van der Waals surface area contributed by atoms with Gasteiger partial charge in [-0.2, -0.15) is 5.10 Å². The summed E-state index contributed by atoms with van der Waals surface area (Å²) in [4.78, 5) is 4.73. The number of halogens is 1. The number of benzene rings is 2. The number of sulfonamides is 1. The van der Waals surface area contributed by atoms with E-state index < -0.39 is 10.0 Å². The summed E-state index contributed by atoms with van der Waals surface area (Å²) >= 11 is 7.57. The molecule has 0 bridgehead atoms. The van der Waals surface area contributed by atoms with E-state index in [2.05, 4.69) is 14.8 Å². The van der Waals surface area contributed by atoms with Crippen LogP contribution in [-0.2, 0) is 16.6 Å². The molecule has 0 atom stereocenters. The van der Waals surface area contributed by atoms with E-state index in [9.17, 15) is 8.42 Å². The fourth-order valence-corrected chi connectivity index (χ4v) is 4.83. The first-order valence-corrected chi connectivity index (χ1v) is 10.8. The van der Waals surface area contributed by atoms with E-state index >= 15 is 0 Å². The van der Waals surface area contributed by atoms with E-state index in [4.69, 9.17) is 11.6 Å². The summed E-state index contributed by atoms with van der Waals surface area (Å²) in [6, 6.07) is 12.7. The molecule has 9 heteroatoms. The van der Waals surface area contributed by atoms with Crippen LogP contribution < -0.4 is 4.72 Å². The predicted molar refractivity (Wildman–Crippen MR) is 109 cm³/mol. The van der Waals surface area contributed by atoms with Gasteiger partial charge < -0.3 is 0 Å². The summed E-state index contributed by atoms with van der Waals surface area (Å²) in [6.45, 7) is 2.50. The van der Waals surface area contributed by atoms with Crippen LogP contribution in [0.1, 0.15) is 6.92 Å². The largest absolute Gasteiger partial charge is 0.280 e. The Morgan fingerprint density at radius 3 is 2.67 bits per heavy atom. The lowest BCUT2D eigenvalue weighted by Crippen LogP contribution is -2.12. The molecule has 0 saturated carbocycles. The van der Waals surface area contributed by atoms with Crippen molar-refractivity contribution in [3.8, 4) is 10.6 Å². The number of nitrogens with zero attached hydrogens (tertiary/aromatic N) is 3. The molecule has 0 spiro atoms. The van der Waals surface area contributed by atoms with Crippen molar-refractivity contribution in [1.29, 1.82) is 0 Å². The zero-order valence-electron chi connectivity index (χ0n) is 14.3. The lowest BCUT2D eigenvalue weighted by atomic mass is 10.2. The van der Waals surface area contributed by atoms with Gasteiger partial charge in [-0.15, -0.1) is 11.3 Å². The van der Waals surface area contributed by atoms with E-state index in [0.29, 0.717) is 17.3 Å². The Balaban J connectivity index is 1.57. The average molecular weight is 419 g/mol. The molecule has 138 valence electrons. The molecule has 0 aliphatic rings. The number of hydrogen-bond acceptors (Lipinski definition) is 5.